The van der Waals surface area contributed by atoms with Gasteiger partial charge in [-0.15, -0.1) is 11.3 Å². The lowest BCUT2D eigenvalue weighted by Gasteiger charge is -2.05. The summed E-state index contributed by atoms with van der Waals surface area (Å²) in [6.45, 7) is 4.32. The van der Waals surface area contributed by atoms with E-state index in [-0.39, 0.29) is 5.91 Å². The van der Waals surface area contributed by atoms with Crippen molar-refractivity contribution in [1.29, 1.82) is 0 Å². The molecule has 2 aromatic rings. The summed E-state index contributed by atoms with van der Waals surface area (Å²) < 4.78 is 1.08. The van der Waals surface area contributed by atoms with Gasteiger partial charge in [0, 0.05) is 14.1 Å². The Labute approximate surface area is 105 Å². The Morgan fingerprint density at radius 3 is 2.65 bits per heavy atom. The van der Waals surface area contributed by atoms with E-state index in [0.29, 0.717) is 10.9 Å². The number of carbonyl (C=O) groups excluding carboxylic acids is 1. The molecule has 1 amide bonds. The van der Waals surface area contributed by atoms with Gasteiger partial charge >= 0.3 is 0 Å². The average Bonchev–Trinajstić information content (AvgIpc) is 2.69. The first-order valence-electron chi connectivity index (χ1n) is 5.61. The number of amides is 1. The number of nitrogens with zero attached hydrogens (tertiary/aromatic N) is 2. The fraction of sp³-hybridized carbons (Fsp3) is 0.385. The van der Waals surface area contributed by atoms with Gasteiger partial charge < -0.3 is 4.90 Å². The number of thiazole rings is 1. The molecule has 4 heteroatoms. The molecule has 0 fully saturated rings. The molecule has 0 saturated heterocycles. The Hall–Kier alpha value is -1.42. The Balaban J connectivity index is 2.47. The fourth-order valence-corrected chi connectivity index (χ4v) is 2.62. The van der Waals surface area contributed by atoms with Crippen LogP contribution in [0.15, 0.2) is 18.2 Å². The van der Waals surface area contributed by atoms with Crippen molar-refractivity contribution in [2.45, 2.75) is 19.8 Å². The number of aromatic nitrogens is 1. The zero-order valence-corrected chi connectivity index (χ0v) is 11.3. The van der Waals surface area contributed by atoms with Crippen molar-refractivity contribution in [2.75, 3.05) is 14.1 Å². The van der Waals surface area contributed by atoms with Crippen molar-refractivity contribution in [2.24, 2.45) is 0 Å². The average molecular weight is 248 g/mol. The van der Waals surface area contributed by atoms with Crippen molar-refractivity contribution in [3.05, 3.63) is 28.8 Å². The summed E-state index contributed by atoms with van der Waals surface area (Å²) in [5, 5.41) is 0.561. The molecule has 1 heterocycles. The normalized spacial score (nSPS) is 11.1. The summed E-state index contributed by atoms with van der Waals surface area (Å²) >= 11 is 1.46. The zero-order chi connectivity index (χ0) is 12.6. The molecule has 0 aliphatic heterocycles. The second kappa shape index (κ2) is 4.45. The quantitative estimate of drug-likeness (QED) is 0.818. The third kappa shape index (κ3) is 2.31. The Morgan fingerprint density at radius 2 is 2.06 bits per heavy atom. The van der Waals surface area contributed by atoms with Gasteiger partial charge in [-0.3, -0.25) is 4.79 Å². The molecule has 1 aromatic carbocycles. The standard InChI is InChI=1S/C13H16N2OS/c1-8(2)9-5-6-10-11(7-9)17-12(14-10)13(16)15(3)4/h5-8H,1-4H3. The van der Waals surface area contributed by atoms with Crippen LogP contribution in [-0.2, 0) is 0 Å². The predicted molar refractivity (Wildman–Crippen MR) is 71.7 cm³/mol. The smallest absolute Gasteiger partial charge is 0.282 e. The van der Waals surface area contributed by atoms with Crippen LogP contribution in [0.4, 0.5) is 0 Å². The van der Waals surface area contributed by atoms with Gasteiger partial charge in [0.1, 0.15) is 0 Å². The second-order valence-corrected chi connectivity index (χ2v) is 5.63. The first-order valence-corrected chi connectivity index (χ1v) is 6.43. The largest absolute Gasteiger partial charge is 0.343 e. The van der Waals surface area contributed by atoms with Crippen LogP contribution in [-0.4, -0.2) is 29.9 Å². The lowest BCUT2D eigenvalue weighted by Crippen LogP contribution is -2.21. The third-order valence-electron chi connectivity index (χ3n) is 2.67. The molecule has 0 spiro atoms. The van der Waals surface area contributed by atoms with Gasteiger partial charge in [0.2, 0.25) is 0 Å². The van der Waals surface area contributed by atoms with Crippen LogP contribution in [0.2, 0.25) is 0 Å². The van der Waals surface area contributed by atoms with E-state index in [1.54, 1.807) is 19.0 Å². The predicted octanol–water partition coefficient (Wildman–Crippen LogP) is 3.12. The van der Waals surface area contributed by atoms with E-state index in [1.165, 1.54) is 16.9 Å². The number of hydrogen-bond donors (Lipinski definition) is 0. The van der Waals surface area contributed by atoms with E-state index in [9.17, 15) is 4.79 Å². The summed E-state index contributed by atoms with van der Waals surface area (Å²) in [6, 6.07) is 6.20. The molecule has 3 nitrogen and oxygen atoms in total. The Bertz CT molecular complexity index is 558. The van der Waals surface area contributed by atoms with Crippen molar-refractivity contribution < 1.29 is 4.79 Å². The van der Waals surface area contributed by atoms with Gasteiger partial charge in [-0.2, -0.15) is 0 Å². The molecule has 0 bridgehead atoms. The van der Waals surface area contributed by atoms with Crippen LogP contribution < -0.4 is 0 Å². The fourth-order valence-electron chi connectivity index (χ4n) is 1.58. The summed E-state index contributed by atoms with van der Waals surface area (Å²) in [7, 11) is 3.49. The SMILES string of the molecule is CC(C)c1ccc2nc(C(=O)N(C)C)sc2c1. The van der Waals surface area contributed by atoms with E-state index in [0.717, 1.165) is 10.2 Å². The van der Waals surface area contributed by atoms with E-state index in [2.05, 4.69) is 31.0 Å². The van der Waals surface area contributed by atoms with E-state index < -0.39 is 0 Å². The number of rotatable bonds is 2. The minimum Gasteiger partial charge on any atom is -0.343 e. The van der Waals surface area contributed by atoms with E-state index in [1.807, 2.05) is 6.07 Å². The maximum atomic E-state index is 11.8. The first kappa shape index (κ1) is 12.0. The zero-order valence-electron chi connectivity index (χ0n) is 10.5. The van der Waals surface area contributed by atoms with Crippen molar-refractivity contribution in [3.63, 3.8) is 0 Å². The molecule has 1 aromatic heterocycles. The monoisotopic (exact) mass is 248 g/mol. The molecule has 0 saturated carbocycles. The topological polar surface area (TPSA) is 33.2 Å². The molecule has 0 unspecified atom stereocenters. The van der Waals surface area contributed by atoms with Gasteiger partial charge in [-0.05, 0) is 23.6 Å². The molecular weight excluding hydrogens is 232 g/mol. The maximum Gasteiger partial charge on any atom is 0.282 e. The number of carbonyl (C=O) groups is 1. The molecule has 0 radical (unpaired) electrons. The van der Waals surface area contributed by atoms with Gasteiger partial charge in [0.15, 0.2) is 5.01 Å². The minimum absolute atomic E-state index is 0.0303. The highest BCUT2D eigenvalue weighted by Gasteiger charge is 2.14. The summed E-state index contributed by atoms with van der Waals surface area (Å²) in [5.41, 5.74) is 2.19. The Morgan fingerprint density at radius 1 is 1.35 bits per heavy atom. The third-order valence-corrected chi connectivity index (χ3v) is 3.67. The first-order chi connectivity index (χ1) is 7.99. The van der Waals surface area contributed by atoms with Crippen molar-refractivity contribution in [3.8, 4) is 0 Å². The minimum atomic E-state index is -0.0303. The molecule has 17 heavy (non-hydrogen) atoms. The van der Waals surface area contributed by atoms with Crippen LogP contribution in [0.25, 0.3) is 10.2 Å². The van der Waals surface area contributed by atoms with Gasteiger partial charge in [0.05, 0.1) is 10.2 Å². The molecule has 0 aliphatic carbocycles. The highest BCUT2D eigenvalue weighted by molar-refractivity contribution is 7.20. The van der Waals surface area contributed by atoms with Crippen LogP contribution in [0.1, 0.15) is 35.1 Å². The molecular formula is C13H16N2OS. The molecule has 2 rings (SSSR count). The molecule has 0 N–H and O–H groups in total. The summed E-state index contributed by atoms with van der Waals surface area (Å²) in [4.78, 5) is 17.7. The number of benzene rings is 1. The van der Waals surface area contributed by atoms with Gasteiger partial charge in [-0.25, -0.2) is 4.98 Å². The van der Waals surface area contributed by atoms with Crippen LogP contribution in [0, 0.1) is 0 Å². The Kier molecular flexibility index (Phi) is 3.15. The van der Waals surface area contributed by atoms with Crippen LogP contribution in [0.5, 0.6) is 0 Å². The molecule has 90 valence electrons. The summed E-state index contributed by atoms with van der Waals surface area (Å²) in [5.74, 6) is 0.465. The lowest BCUT2D eigenvalue weighted by atomic mass is 10.0. The van der Waals surface area contributed by atoms with Crippen molar-refractivity contribution >= 4 is 27.5 Å². The highest BCUT2D eigenvalue weighted by Crippen LogP contribution is 2.26. The number of hydrogen-bond acceptors (Lipinski definition) is 3. The van der Waals surface area contributed by atoms with Crippen LogP contribution >= 0.6 is 11.3 Å². The second-order valence-electron chi connectivity index (χ2n) is 4.60. The number of fused-ring (bicyclic) bond motifs is 1. The lowest BCUT2D eigenvalue weighted by molar-refractivity contribution is 0.0827. The van der Waals surface area contributed by atoms with E-state index >= 15 is 0 Å². The van der Waals surface area contributed by atoms with Gasteiger partial charge in [0.25, 0.3) is 5.91 Å². The summed E-state index contributed by atoms with van der Waals surface area (Å²) in [6.07, 6.45) is 0. The maximum absolute atomic E-state index is 11.8. The van der Waals surface area contributed by atoms with Gasteiger partial charge in [-0.1, -0.05) is 19.9 Å². The molecule has 0 atom stereocenters. The van der Waals surface area contributed by atoms with Crippen molar-refractivity contribution in [1.82, 2.24) is 9.88 Å². The van der Waals surface area contributed by atoms with E-state index in [4.69, 9.17) is 0 Å². The molecule has 0 aliphatic rings. The van der Waals surface area contributed by atoms with Crippen LogP contribution in [0.3, 0.4) is 0 Å². The highest BCUT2D eigenvalue weighted by atomic mass is 32.1.